The lowest BCUT2D eigenvalue weighted by Gasteiger charge is -2.12. The van der Waals surface area contributed by atoms with E-state index in [1.807, 2.05) is 12.3 Å². The van der Waals surface area contributed by atoms with Gasteiger partial charge in [0.15, 0.2) is 5.82 Å². The number of hydrogen-bond acceptors (Lipinski definition) is 3. The summed E-state index contributed by atoms with van der Waals surface area (Å²) in [6.45, 7) is 1.90. The van der Waals surface area contributed by atoms with Gasteiger partial charge >= 0.3 is 0 Å². The van der Waals surface area contributed by atoms with Crippen LogP contribution in [0.15, 0.2) is 18.5 Å². The number of nitrogens with zero attached hydrogens (tertiary/aromatic N) is 3. The summed E-state index contributed by atoms with van der Waals surface area (Å²) in [7, 11) is 0. The van der Waals surface area contributed by atoms with Crippen LogP contribution in [0.5, 0.6) is 0 Å². The Hall–Kier alpha value is -1.62. The lowest BCUT2D eigenvalue weighted by Crippen LogP contribution is -2.23. The zero-order chi connectivity index (χ0) is 9.38. The molecule has 0 bridgehead atoms. The Morgan fingerprint density at radius 2 is 2.43 bits per heavy atom. The summed E-state index contributed by atoms with van der Waals surface area (Å²) in [5.41, 5.74) is 2.47. The van der Waals surface area contributed by atoms with Gasteiger partial charge in [-0.1, -0.05) is 0 Å². The Bertz CT molecular complexity index is 428. The standard InChI is InChI=1S/C9H11N5/c1-3-11-14(5-1)9-7-6-10-4-2-8(7)12-13-9/h1,3,5,10H,2,4,6H2,(H,12,13). The fourth-order valence-corrected chi connectivity index (χ4v) is 1.79. The molecule has 0 amide bonds. The Morgan fingerprint density at radius 1 is 1.43 bits per heavy atom. The lowest BCUT2D eigenvalue weighted by molar-refractivity contribution is 0.633. The summed E-state index contributed by atoms with van der Waals surface area (Å²) in [6.07, 6.45) is 4.69. The topological polar surface area (TPSA) is 58.5 Å². The first-order valence-corrected chi connectivity index (χ1v) is 4.72. The molecule has 0 unspecified atom stereocenters. The number of H-pyrrole nitrogens is 1. The first kappa shape index (κ1) is 7.75. The minimum atomic E-state index is 0.876. The Labute approximate surface area is 81.1 Å². The molecule has 2 aromatic heterocycles. The largest absolute Gasteiger partial charge is 0.312 e. The maximum Gasteiger partial charge on any atom is 0.179 e. The van der Waals surface area contributed by atoms with Crippen LogP contribution in [0, 0.1) is 0 Å². The molecule has 2 N–H and O–H groups in total. The predicted molar refractivity (Wildman–Crippen MR) is 51.1 cm³/mol. The van der Waals surface area contributed by atoms with E-state index >= 15 is 0 Å². The zero-order valence-electron chi connectivity index (χ0n) is 7.70. The minimum Gasteiger partial charge on any atom is -0.312 e. The quantitative estimate of drug-likeness (QED) is 0.675. The average molecular weight is 189 g/mol. The molecular weight excluding hydrogens is 178 g/mol. The lowest BCUT2D eigenvalue weighted by atomic mass is 10.1. The summed E-state index contributed by atoms with van der Waals surface area (Å²) >= 11 is 0. The van der Waals surface area contributed by atoms with E-state index in [0.29, 0.717) is 0 Å². The summed E-state index contributed by atoms with van der Waals surface area (Å²) in [6, 6.07) is 1.90. The number of fused-ring (bicyclic) bond motifs is 1. The van der Waals surface area contributed by atoms with Crippen LogP contribution in [-0.2, 0) is 13.0 Å². The van der Waals surface area contributed by atoms with E-state index < -0.39 is 0 Å². The van der Waals surface area contributed by atoms with Crippen molar-refractivity contribution in [2.45, 2.75) is 13.0 Å². The molecule has 0 atom stereocenters. The molecule has 3 heterocycles. The number of nitrogens with one attached hydrogen (secondary N) is 2. The van der Waals surface area contributed by atoms with E-state index in [2.05, 4.69) is 20.6 Å². The average Bonchev–Trinajstić information content (AvgIpc) is 2.85. The zero-order valence-corrected chi connectivity index (χ0v) is 7.70. The molecule has 72 valence electrons. The fraction of sp³-hybridized carbons (Fsp3) is 0.333. The van der Waals surface area contributed by atoms with Crippen molar-refractivity contribution in [1.29, 1.82) is 0 Å². The van der Waals surface area contributed by atoms with Gasteiger partial charge in [0, 0.05) is 43.2 Å². The van der Waals surface area contributed by atoms with Gasteiger partial charge in [0.2, 0.25) is 0 Å². The molecule has 0 aromatic carbocycles. The number of aromatic amines is 1. The van der Waals surface area contributed by atoms with Gasteiger partial charge in [-0.05, 0) is 6.07 Å². The molecule has 0 saturated carbocycles. The molecule has 3 rings (SSSR count). The van der Waals surface area contributed by atoms with Crippen molar-refractivity contribution in [1.82, 2.24) is 25.3 Å². The highest BCUT2D eigenvalue weighted by Gasteiger charge is 2.17. The van der Waals surface area contributed by atoms with Crippen molar-refractivity contribution in [3.05, 3.63) is 29.7 Å². The second kappa shape index (κ2) is 2.95. The summed E-state index contributed by atoms with van der Waals surface area (Å²) in [5.74, 6) is 0.914. The van der Waals surface area contributed by atoms with Crippen molar-refractivity contribution in [3.63, 3.8) is 0 Å². The van der Waals surface area contributed by atoms with E-state index in [0.717, 1.165) is 25.3 Å². The van der Waals surface area contributed by atoms with Crippen LogP contribution < -0.4 is 5.32 Å². The van der Waals surface area contributed by atoms with E-state index in [4.69, 9.17) is 0 Å². The van der Waals surface area contributed by atoms with Gasteiger partial charge in [-0.25, -0.2) is 4.68 Å². The molecule has 5 nitrogen and oxygen atoms in total. The van der Waals surface area contributed by atoms with E-state index in [9.17, 15) is 0 Å². The molecule has 0 radical (unpaired) electrons. The highest BCUT2D eigenvalue weighted by atomic mass is 15.3. The number of aromatic nitrogens is 4. The van der Waals surface area contributed by atoms with Crippen molar-refractivity contribution in [2.24, 2.45) is 0 Å². The third-order valence-electron chi connectivity index (χ3n) is 2.51. The third kappa shape index (κ3) is 1.06. The van der Waals surface area contributed by atoms with Gasteiger partial charge < -0.3 is 5.32 Å². The molecular formula is C9H11N5. The molecule has 14 heavy (non-hydrogen) atoms. The monoisotopic (exact) mass is 189 g/mol. The third-order valence-corrected chi connectivity index (χ3v) is 2.51. The van der Waals surface area contributed by atoms with Crippen molar-refractivity contribution < 1.29 is 0 Å². The maximum atomic E-state index is 4.28. The van der Waals surface area contributed by atoms with Crippen LogP contribution in [0.2, 0.25) is 0 Å². The summed E-state index contributed by atoms with van der Waals surface area (Å²) in [5, 5.41) is 14.8. The van der Waals surface area contributed by atoms with Gasteiger partial charge in [0.25, 0.3) is 0 Å². The Morgan fingerprint density at radius 3 is 3.29 bits per heavy atom. The highest BCUT2D eigenvalue weighted by molar-refractivity contribution is 5.37. The molecule has 1 aliphatic rings. The molecule has 2 aromatic rings. The molecule has 1 aliphatic heterocycles. The van der Waals surface area contributed by atoms with E-state index in [-0.39, 0.29) is 0 Å². The smallest absolute Gasteiger partial charge is 0.179 e. The van der Waals surface area contributed by atoms with Crippen LogP contribution in [0.25, 0.3) is 5.82 Å². The first-order valence-electron chi connectivity index (χ1n) is 4.72. The highest BCUT2D eigenvalue weighted by Crippen LogP contribution is 2.17. The summed E-state index contributed by atoms with van der Waals surface area (Å²) < 4.78 is 1.79. The van der Waals surface area contributed by atoms with Gasteiger partial charge in [0.1, 0.15) is 0 Å². The van der Waals surface area contributed by atoms with Gasteiger partial charge in [0.05, 0.1) is 0 Å². The van der Waals surface area contributed by atoms with Crippen LogP contribution in [0.4, 0.5) is 0 Å². The van der Waals surface area contributed by atoms with Crippen molar-refractivity contribution >= 4 is 0 Å². The van der Waals surface area contributed by atoms with Crippen molar-refractivity contribution in [2.75, 3.05) is 6.54 Å². The molecule has 0 spiro atoms. The maximum absolute atomic E-state index is 4.28. The second-order valence-electron chi connectivity index (χ2n) is 3.38. The van der Waals surface area contributed by atoms with Crippen LogP contribution in [0.1, 0.15) is 11.3 Å². The van der Waals surface area contributed by atoms with Crippen LogP contribution in [0.3, 0.4) is 0 Å². The SMILES string of the molecule is c1cnn(-c2n[nH]c3c2CNCC3)c1. The normalized spacial score (nSPS) is 15.4. The minimum absolute atomic E-state index is 0.876. The Kier molecular flexibility index (Phi) is 1.63. The molecule has 0 fully saturated rings. The molecule has 0 saturated heterocycles. The van der Waals surface area contributed by atoms with Crippen molar-refractivity contribution in [3.8, 4) is 5.82 Å². The Balaban J connectivity index is 2.11. The van der Waals surface area contributed by atoms with Gasteiger partial charge in [-0.15, -0.1) is 0 Å². The second-order valence-corrected chi connectivity index (χ2v) is 3.38. The van der Waals surface area contributed by atoms with E-state index in [1.165, 1.54) is 11.3 Å². The first-order chi connectivity index (χ1) is 6.95. The number of hydrogen-bond donors (Lipinski definition) is 2. The van der Waals surface area contributed by atoms with E-state index in [1.54, 1.807) is 10.9 Å². The number of rotatable bonds is 1. The predicted octanol–water partition coefficient (Wildman–Crippen LogP) is 0.241. The van der Waals surface area contributed by atoms with Crippen LogP contribution in [-0.4, -0.2) is 26.5 Å². The fourth-order valence-electron chi connectivity index (χ4n) is 1.79. The van der Waals surface area contributed by atoms with Gasteiger partial charge in [-0.2, -0.15) is 10.2 Å². The summed E-state index contributed by atoms with van der Waals surface area (Å²) in [4.78, 5) is 0. The molecule has 0 aliphatic carbocycles. The van der Waals surface area contributed by atoms with Gasteiger partial charge in [-0.3, -0.25) is 5.10 Å². The van der Waals surface area contributed by atoms with Crippen LogP contribution >= 0.6 is 0 Å². The molecule has 5 heteroatoms.